The average molecular weight is 438 g/mol. The van der Waals surface area contributed by atoms with Crippen LogP contribution in [0.2, 0.25) is 5.02 Å². The summed E-state index contributed by atoms with van der Waals surface area (Å²) in [6, 6.07) is 1.55. The first-order valence-corrected chi connectivity index (χ1v) is 10.1. The average Bonchev–Trinajstić information content (AvgIpc) is 3.42. The lowest BCUT2D eigenvalue weighted by atomic mass is 10.0. The fourth-order valence-corrected chi connectivity index (χ4v) is 3.98. The van der Waals surface area contributed by atoms with Crippen molar-refractivity contribution >= 4 is 23.1 Å². The quantitative estimate of drug-likeness (QED) is 0.470. The highest BCUT2D eigenvalue weighted by Crippen LogP contribution is 2.27. The Morgan fingerprint density at radius 2 is 2.13 bits per heavy atom. The van der Waals surface area contributed by atoms with Crippen molar-refractivity contribution in [1.82, 2.24) is 20.4 Å². The Morgan fingerprint density at radius 3 is 2.90 bits per heavy atom. The van der Waals surface area contributed by atoms with Crippen LogP contribution in [-0.2, 0) is 6.54 Å². The number of benzene rings is 1. The summed E-state index contributed by atoms with van der Waals surface area (Å²) in [5, 5.41) is 19.5. The minimum Gasteiger partial charge on any atom is -0.419 e. The molecule has 0 aliphatic carbocycles. The van der Waals surface area contributed by atoms with Crippen LogP contribution in [0.4, 0.5) is 8.78 Å². The van der Waals surface area contributed by atoms with E-state index in [-0.39, 0.29) is 41.1 Å². The third-order valence-electron chi connectivity index (χ3n) is 5.47. The van der Waals surface area contributed by atoms with E-state index in [4.69, 9.17) is 27.2 Å². The second-order valence-electron chi connectivity index (χ2n) is 7.43. The predicted octanol–water partition coefficient (Wildman–Crippen LogP) is 2.08. The lowest BCUT2D eigenvalue weighted by Gasteiger charge is -2.34. The molecule has 2 unspecified atom stereocenters. The van der Waals surface area contributed by atoms with Crippen LogP contribution in [-0.4, -0.2) is 58.9 Å². The summed E-state index contributed by atoms with van der Waals surface area (Å²) >= 11 is 5.98. The minimum absolute atomic E-state index is 0.0411. The molecular weight excluding hydrogens is 416 g/mol. The minimum atomic E-state index is -0.684. The monoisotopic (exact) mass is 437 g/mol. The largest absolute Gasteiger partial charge is 0.419 e. The zero-order valence-corrected chi connectivity index (χ0v) is 16.9. The van der Waals surface area contributed by atoms with Gasteiger partial charge in [0.25, 0.3) is 5.89 Å². The van der Waals surface area contributed by atoms with E-state index < -0.39 is 17.7 Å². The van der Waals surface area contributed by atoms with Gasteiger partial charge < -0.3 is 15.5 Å². The molecule has 2 aromatic rings. The summed E-state index contributed by atoms with van der Waals surface area (Å²) in [5.74, 6) is -0.173. The van der Waals surface area contributed by atoms with Crippen molar-refractivity contribution in [3.05, 3.63) is 46.1 Å². The summed E-state index contributed by atoms with van der Waals surface area (Å²) in [6.07, 6.45) is 1.05. The Labute approximate surface area is 177 Å². The molecule has 11 heteroatoms. The number of nitrogens with one attached hydrogen (secondary N) is 2. The van der Waals surface area contributed by atoms with Crippen LogP contribution in [0.15, 0.2) is 21.5 Å². The van der Waals surface area contributed by atoms with Gasteiger partial charge in [-0.3, -0.25) is 15.3 Å². The summed E-state index contributed by atoms with van der Waals surface area (Å²) in [5.41, 5.74) is 6.26. The van der Waals surface area contributed by atoms with Crippen LogP contribution in [0.5, 0.6) is 0 Å². The van der Waals surface area contributed by atoms with Gasteiger partial charge in [-0.15, -0.1) is 10.2 Å². The van der Waals surface area contributed by atoms with Crippen LogP contribution in [0.25, 0.3) is 0 Å². The molecule has 2 aliphatic heterocycles. The molecule has 1 fully saturated rings. The highest BCUT2D eigenvalue weighted by Gasteiger charge is 2.30. The van der Waals surface area contributed by atoms with Crippen LogP contribution >= 0.6 is 11.6 Å². The predicted molar refractivity (Wildman–Crippen MR) is 108 cm³/mol. The Kier molecular flexibility index (Phi) is 6.07. The van der Waals surface area contributed by atoms with Gasteiger partial charge in [-0.1, -0.05) is 11.6 Å². The first-order chi connectivity index (χ1) is 14.4. The smallest absolute Gasteiger partial charge is 0.261 e. The standard InChI is InChI=1S/C19H22ClF2N7O/c20-16-11(12(21)1-2-13(16)22)9-29-6-5-26-17(24)15(29)7-14(23)19-28-27-18(30-19)10-3-4-25-8-10/h1-2,10,15,23,25H,3-9H2,(H2,24,26). The lowest BCUT2D eigenvalue weighted by molar-refractivity contribution is 0.228. The molecule has 0 bridgehead atoms. The molecule has 2 atom stereocenters. The van der Waals surface area contributed by atoms with E-state index in [1.807, 2.05) is 4.90 Å². The Balaban J connectivity index is 1.51. The van der Waals surface area contributed by atoms with Crippen LogP contribution in [0.1, 0.15) is 36.1 Å². The lowest BCUT2D eigenvalue weighted by Crippen LogP contribution is -2.50. The van der Waals surface area contributed by atoms with E-state index in [1.54, 1.807) is 0 Å². The maximum absolute atomic E-state index is 14.3. The number of aliphatic imine (C=N–C) groups is 1. The molecule has 0 amide bonds. The van der Waals surface area contributed by atoms with Crippen molar-refractivity contribution in [3.63, 3.8) is 0 Å². The molecule has 2 aliphatic rings. The Hall–Kier alpha value is -2.43. The Bertz CT molecular complexity index is 974. The van der Waals surface area contributed by atoms with E-state index in [1.165, 1.54) is 0 Å². The number of hydrogen-bond acceptors (Lipinski definition) is 8. The first-order valence-electron chi connectivity index (χ1n) is 9.72. The molecule has 1 aromatic heterocycles. The number of aromatic nitrogens is 2. The number of rotatable bonds is 6. The maximum Gasteiger partial charge on any atom is 0.261 e. The molecule has 0 saturated carbocycles. The molecule has 160 valence electrons. The van der Waals surface area contributed by atoms with Crippen LogP contribution < -0.4 is 11.1 Å². The van der Waals surface area contributed by atoms with Crippen molar-refractivity contribution in [2.45, 2.75) is 31.3 Å². The van der Waals surface area contributed by atoms with Gasteiger partial charge in [-0.2, -0.15) is 0 Å². The van der Waals surface area contributed by atoms with Gasteiger partial charge in [-0.05, 0) is 25.1 Å². The summed E-state index contributed by atoms with van der Waals surface area (Å²) in [6.45, 7) is 2.59. The van der Waals surface area contributed by atoms with Crippen molar-refractivity contribution in [1.29, 1.82) is 5.41 Å². The van der Waals surface area contributed by atoms with E-state index in [0.29, 0.717) is 24.8 Å². The number of amidine groups is 1. The maximum atomic E-state index is 14.3. The number of hydrogen-bond donors (Lipinski definition) is 3. The van der Waals surface area contributed by atoms with E-state index in [9.17, 15) is 8.78 Å². The number of nitrogens with zero attached hydrogens (tertiary/aromatic N) is 4. The fraction of sp³-hybridized carbons (Fsp3) is 0.474. The van der Waals surface area contributed by atoms with Gasteiger partial charge in [0, 0.05) is 31.6 Å². The molecule has 8 nitrogen and oxygen atoms in total. The van der Waals surface area contributed by atoms with Gasteiger partial charge in [0.05, 0.1) is 29.2 Å². The zero-order chi connectivity index (χ0) is 21.3. The fourth-order valence-electron chi connectivity index (χ4n) is 3.76. The molecular formula is C19H22ClF2N7O. The zero-order valence-electron chi connectivity index (χ0n) is 16.2. The van der Waals surface area contributed by atoms with Gasteiger partial charge >= 0.3 is 0 Å². The molecule has 3 heterocycles. The van der Waals surface area contributed by atoms with E-state index in [0.717, 1.165) is 31.6 Å². The van der Waals surface area contributed by atoms with Gasteiger partial charge in [0.15, 0.2) is 0 Å². The molecule has 4 rings (SSSR count). The highest BCUT2D eigenvalue weighted by atomic mass is 35.5. The van der Waals surface area contributed by atoms with Crippen molar-refractivity contribution in [3.8, 4) is 0 Å². The van der Waals surface area contributed by atoms with Gasteiger partial charge in [0.2, 0.25) is 5.89 Å². The van der Waals surface area contributed by atoms with Crippen molar-refractivity contribution in [2.24, 2.45) is 10.7 Å². The van der Waals surface area contributed by atoms with Crippen molar-refractivity contribution in [2.75, 3.05) is 26.2 Å². The van der Waals surface area contributed by atoms with Gasteiger partial charge in [0.1, 0.15) is 17.5 Å². The second kappa shape index (κ2) is 8.75. The molecule has 4 N–H and O–H groups in total. The third kappa shape index (κ3) is 4.21. The van der Waals surface area contributed by atoms with Crippen LogP contribution in [0, 0.1) is 17.0 Å². The van der Waals surface area contributed by atoms with Gasteiger partial charge in [-0.25, -0.2) is 8.78 Å². The molecule has 0 radical (unpaired) electrons. The Morgan fingerprint density at radius 1 is 1.33 bits per heavy atom. The molecule has 30 heavy (non-hydrogen) atoms. The summed E-state index contributed by atoms with van der Waals surface area (Å²) in [7, 11) is 0. The first kappa shape index (κ1) is 20.8. The molecule has 1 aromatic carbocycles. The number of nitrogens with two attached hydrogens (primary N) is 1. The molecule has 1 saturated heterocycles. The highest BCUT2D eigenvalue weighted by molar-refractivity contribution is 6.31. The molecule has 0 spiro atoms. The normalized spacial score (nSPS) is 22.3. The SMILES string of the molecule is N=C(CC1C(N)=NCCN1Cc1c(F)ccc(F)c1Cl)c1nnc(C2CCNC2)o1. The second-order valence-corrected chi connectivity index (χ2v) is 7.81. The van der Waals surface area contributed by atoms with Crippen LogP contribution in [0.3, 0.4) is 0 Å². The number of halogens is 3. The van der Waals surface area contributed by atoms with E-state index in [2.05, 4.69) is 20.5 Å². The van der Waals surface area contributed by atoms with Crippen molar-refractivity contribution < 1.29 is 13.2 Å². The summed E-state index contributed by atoms with van der Waals surface area (Å²) in [4.78, 5) is 6.09. The summed E-state index contributed by atoms with van der Waals surface area (Å²) < 4.78 is 33.8. The van der Waals surface area contributed by atoms with E-state index >= 15 is 0 Å². The topological polar surface area (TPSA) is 116 Å². The third-order valence-corrected chi connectivity index (χ3v) is 5.88.